The molecule has 21 heavy (non-hydrogen) atoms. The maximum atomic E-state index is 5.24. The van der Waals surface area contributed by atoms with E-state index in [9.17, 15) is 0 Å². The van der Waals surface area contributed by atoms with Crippen LogP contribution >= 0.6 is 11.3 Å². The Morgan fingerprint density at radius 1 is 1.33 bits per heavy atom. The molecule has 2 rings (SSSR count). The van der Waals surface area contributed by atoms with Crippen LogP contribution in [-0.2, 0) is 19.5 Å². The molecular formula is C15H22N4OS. The molecule has 114 valence electrons. The van der Waals surface area contributed by atoms with Crippen LogP contribution in [0.5, 0.6) is 0 Å². The minimum atomic E-state index is 0.492. The van der Waals surface area contributed by atoms with Gasteiger partial charge >= 0.3 is 0 Å². The summed E-state index contributed by atoms with van der Waals surface area (Å²) in [5, 5.41) is 10.5. The highest BCUT2D eigenvalue weighted by molar-refractivity contribution is 7.11. The van der Waals surface area contributed by atoms with Gasteiger partial charge < -0.3 is 15.2 Å². The molecule has 0 aliphatic heterocycles. The van der Waals surface area contributed by atoms with Gasteiger partial charge in [-0.15, -0.1) is 11.3 Å². The highest BCUT2D eigenvalue weighted by Crippen LogP contribution is 2.14. The van der Waals surface area contributed by atoms with E-state index in [4.69, 9.17) is 4.52 Å². The molecule has 6 heteroatoms. The van der Waals surface area contributed by atoms with Gasteiger partial charge in [0, 0.05) is 22.4 Å². The first-order chi connectivity index (χ1) is 10.2. The molecule has 2 N–H and O–H groups in total. The molecule has 5 nitrogen and oxygen atoms in total. The van der Waals surface area contributed by atoms with E-state index < -0.39 is 0 Å². The number of aryl methyl sites for hydroxylation is 2. The Bertz CT molecular complexity index is 588. The second kappa shape index (κ2) is 7.83. The number of nitrogens with one attached hydrogen (secondary N) is 2. The smallest absolute Gasteiger partial charge is 0.191 e. The summed E-state index contributed by atoms with van der Waals surface area (Å²) < 4.78 is 5.24. The largest absolute Gasteiger partial charge is 0.359 e. The van der Waals surface area contributed by atoms with Crippen LogP contribution in [0.2, 0.25) is 0 Å². The number of hydrogen-bond acceptors (Lipinski definition) is 4. The molecule has 0 unspecified atom stereocenters. The average Bonchev–Trinajstić information content (AvgIpc) is 3.10. The zero-order valence-corrected chi connectivity index (χ0v) is 13.6. The van der Waals surface area contributed by atoms with Gasteiger partial charge in [-0.3, -0.25) is 0 Å². The molecule has 0 aliphatic rings. The quantitative estimate of drug-likeness (QED) is 0.636. The van der Waals surface area contributed by atoms with Gasteiger partial charge in [0.2, 0.25) is 0 Å². The van der Waals surface area contributed by atoms with Crippen LogP contribution in [0.15, 0.2) is 27.7 Å². The van der Waals surface area contributed by atoms with Crippen LogP contribution in [0.4, 0.5) is 0 Å². The number of rotatable bonds is 6. The summed E-state index contributed by atoms with van der Waals surface area (Å²) in [6.07, 6.45) is 0.878. The number of thiophene rings is 1. The Hall–Kier alpha value is -1.82. The molecule has 2 heterocycles. The lowest BCUT2D eigenvalue weighted by atomic mass is 10.3. The van der Waals surface area contributed by atoms with E-state index in [0.717, 1.165) is 36.9 Å². The van der Waals surface area contributed by atoms with Gasteiger partial charge in [-0.1, -0.05) is 12.1 Å². The minimum absolute atomic E-state index is 0.492. The molecule has 0 atom stereocenters. The van der Waals surface area contributed by atoms with Crippen LogP contribution in [0, 0.1) is 6.92 Å². The van der Waals surface area contributed by atoms with E-state index in [1.54, 1.807) is 11.3 Å². The lowest BCUT2D eigenvalue weighted by Gasteiger charge is -2.09. The van der Waals surface area contributed by atoms with Gasteiger partial charge in [0.1, 0.15) is 6.54 Å². The molecule has 0 spiro atoms. The van der Waals surface area contributed by atoms with Gasteiger partial charge in [-0.05, 0) is 32.4 Å². The number of hydrogen-bond donors (Lipinski definition) is 2. The number of guanidine groups is 1. The Balaban J connectivity index is 1.92. The molecule has 2 aromatic rings. The van der Waals surface area contributed by atoms with Crippen LogP contribution in [0.3, 0.4) is 0 Å². The highest BCUT2D eigenvalue weighted by atomic mass is 32.1. The van der Waals surface area contributed by atoms with Crippen molar-refractivity contribution in [2.24, 2.45) is 4.99 Å². The summed E-state index contributed by atoms with van der Waals surface area (Å²) in [5.41, 5.74) is 0.965. The van der Waals surface area contributed by atoms with E-state index in [-0.39, 0.29) is 0 Å². The standard InChI is InChI=1S/C15H22N4OS/c1-4-12-8-13(20-19-12)9-17-15(16-5-2)18-10-14-7-6-11(3)21-14/h6-8H,4-5,9-10H2,1-3H3,(H2,16,17,18). The summed E-state index contributed by atoms with van der Waals surface area (Å²) >= 11 is 1.79. The van der Waals surface area contributed by atoms with Crippen molar-refractivity contribution in [2.45, 2.75) is 40.3 Å². The third-order valence-electron chi connectivity index (χ3n) is 2.93. The van der Waals surface area contributed by atoms with Gasteiger partial charge in [0.15, 0.2) is 11.7 Å². The Morgan fingerprint density at radius 3 is 2.81 bits per heavy atom. The lowest BCUT2D eigenvalue weighted by Crippen LogP contribution is -2.36. The first kappa shape index (κ1) is 15.6. The molecular weight excluding hydrogens is 284 g/mol. The molecule has 0 bridgehead atoms. The molecule has 0 aromatic carbocycles. The monoisotopic (exact) mass is 306 g/mol. The maximum absolute atomic E-state index is 5.24. The van der Waals surface area contributed by atoms with Crippen molar-refractivity contribution >= 4 is 17.3 Å². The molecule has 0 fully saturated rings. The van der Waals surface area contributed by atoms with Gasteiger partial charge in [0.25, 0.3) is 0 Å². The Labute approximate surface area is 129 Å². The highest BCUT2D eigenvalue weighted by Gasteiger charge is 2.04. The van der Waals surface area contributed by atoms with Crippen LogP contribution in [0.25, 0.3) is 0 Å². The normalized spacial score (nSPS) is 11.7. The number of aromatic nitrogens is 1. The van der Waals surface area contributed by atoms with Crippen molar-refractivity contribution in [2.75, 3.05) is 6.54 Å². The third-order valence-corrected chi connectivity index (χ3v) is 3.93. The fraction of sp³-hybridized carbons (Fsp3) is 0.467. The topological polar surface area (TPSA) is 62.5 Å². The predicted molar refractivity (Wildman–Crippen MR) is 86.6 cm³/mol. The van der Waals surface area contributed by atoms with E-state index in [0.29, 0.717) is 6.54 Å². The summed E-state index contributed by atoms with van der Waals surface area (Å²) in [5.74, 6) is 1.58. The summed E-state index contributed by atoms with van der Waals surface area (Å²) in [6, 6.07) is 6.22. The maximum Gasteiger partial charge on any atom is 0.191 e. The second-order valence-corrected chi connectivity index (χ2v) is 6.07. The van der Waals surface area contributed by atoms with Crippen molar-refractivity contribution in [3.8, 4) is 0 Å². The van der Waals surface area contributed by atoms with E-state index in [1.165, 1.54) is 9.75 Å². The number of nitrogens with zero attached hydrogens (tertiary/aromatic N) is 2. The minimum Gasteiger partial charge on any atom is -0.359 e. The average molecular weight is 306 g/mol. The zero-order valence-electron chi connectivity index (χ0n) is 12.8. The Kier molecular flexibility index (Phi) is 5.80. The molecule has 2 aromatic heterocycles. The van der Waals surface area contributed by atoms with E-state index >= 15 is 0 Å². The third kappa shape index (κ3) is 4.90. The second-order valence-electron chi connectivity index (χ2n) is 4.70. The van der Waals surface area contributed by atoms with Crippen molar-refractivity contribution in [1.29, 1.82) is 0 Å². The van der Waals surface area contributed by atoms with Crippen molar-refractivity contribution in [1.82, 2.24) is 15.8 Å². The first-order valence-electron chi connectivity index (χ1n) is 7.23. The molecule has 0 aliphatic carbocycles. The van der Waals surface area contributed by atoms with Gasteiger partial charge in [0.05, 0.1) is 12.2 Å². The summed E-state index contributed by atoms with van der Waals surface area (Å²) in [6.45, 7) is 8.32. The first-order valence-corrected chi connectivity index (χ1v) is 8.04. The Morgan fingerprint density at radius 2 is 2.19 bits per heavy atom. The fourth-order valence-electron chi connectivity index (χ4n) is 1.85. The summed E-state index contributed by atoms with van der Waals surface area (Å²) in [4.78, 5) is 7.14. The van der Waals surface area contributed by atoms with Gasteiger partial charge in [-0.25, -0.2) is 4.99 Å². The van der Waals surface area contributed by atoms with Crippen LogP contribution < -0.4 is 10.6 Å². The van der Waals surface area contributed by atoms with Crippen molar-refractivity contribution < 1.29 is 4.52 Å². The van der Waals surface area contributed by atoms with Crippen LogP contribution in [0.1, 0.15) is 35.1 Å². The van der Waals surface area contributed by atoms with E-state index in [2.05, 4.69) is 53.7 Å². The molecule has 0 amide bonds. The van der Waals surface area contributed by atoms with Crippen molar-refractivity contribution in [3.63, 3.8) is 0 Å². The van der Waals surface area contributed by atoms with Gasteiger partial charge in [-0.2, -0.15) is 0 Å². The fourth-order valence-corrected chi connectivity index (χ4v) is 2.68. The molecule has 0 saturated carbocycles. The molecule has 0 radical (unpaired) electrons. The van der Waals surface area contributed by atoms with Crippen LogP contribution in [-0.4, -0.2) is 17.7 Å². The number of aliphatic imine (C=N–C) groups is 1. The molecule has 0 saturated heterocycles. The summed E-state index contributed by atoms with van der Waals surface area (Å²) in [7, 11) is 0. The van der Waals surface area contributed by atoms with E-state index in [1.807, 2.05) is 6.07 Å². The lowest BCUT2D eigenvalue weighted by molar-refractivity contribution is 0.379. The predicted octanol–water partition coefficient (Wildman–Crippen LogP) is 2.86. The zero-order chi connectivity index (χ0) is 15.1. The SMILES string of the molecule is CCNC(=NCc1cc(CC)no1)NCc1ccc(C)s1. The van der Waals surface area contributed by atoms with Crippen molar-refractivity contribution in [3.05, 3.63) is 39.4 Å².